The first-order valence-corrected chi connectivity index (χ1v) is 16.0. The van der Waals surface area contributed by atoms with E-state index < -0.39 is 18.1 Å². The Morgan fingerprint density at radius 3 is 2.10 bits per heavy atom. The Morgan fingerprint density at radius 1 is 0.449 bits per heavy atom. The van der Waals surface area contributed by atoms with Gasteiger partial charge in [0, 0.05) is 43.6 Å². The van der Waals surface area contributed by atoms with Crippen molar-refractivity contribution in [1.82, 2.24) is 9.13 Å². The van der Waals surface area contributed by atoms with Crippen LogP contribution in [0.4, 0.5) is 0 Å². The Hall–Kier alpha value is -6.58. The van der Waals surface area contributed by atoms with Crippen LogP contribution in [0.2, 0.25) is 0 Å². The Balaban J connectivity index is 1.33. The third-order valence-electron chi connectivity index (χ3n) is 9.72. The van der Waals surface area contributed by atoms with Gasteiger partial charge in [-0.15, -0.1) is 0 Å². The molecular weight excluding hydrogens is 597 g/mol. The minimum atomic E-state index is -0.486. The lowest BCUT2D eigenvalue weighted by molar-refractivity contribution is 0.669. The van der Waals surface area contributed by atoms with Crippen LogP contribution in [0.25, 0.3) is 98.8 Å². The highest BCUT2D eigenvalue weighted by atomic mass is 16.3. The van der Waals surface area contributed by atoms with Gasteiger partial charge >= 0.3 is 0 Å². The molecule has 0 unspecified atom stereocenters. The number of nitrogens with zero attached hydrogens (tertiary/aromatic N) is 2. The minimum absolute atomic E-state index is 0.00579. The van der Waals surface area contributed by atoms with Crippen LogP contribution in [0.3, 0.4) is 0 Å². The summed E-state index contributed by atoms with van der Waals surface area (Å²) >= 11 is 0. The minimum Gasteiger partial charge on any atom is -0.456 e. The molecule has 3 aromatic heterocycles. The molecule has 3 nitrogen and oxygen atoms in total. The predicted octanol–water partition coefficient (Wildman–Crippen LogP) is 12.6. The maximum absolute atomic E-state index is 9.51. The first kappa shape index (κ1) is 19.3. The van der Waals surface area contributed by atoms with Crippen LogP contribution in [0.1, 0.15) is 12.3 Å². The molecule has 0 N–H and O–H groups in total. The van der Waals surface area contributed by atoms with E-state index in [0.717, 1.165) is 43.1 Å². The van der Waals surface area contributed by atoms with Crippen LogP contribution in [-0.2, 0) is 0 Å². The second-order valence-electron chi connectivity index (χ2n) is 12.3. The summed E-state index contributed by atoms with van der Waals surface area (Å²) in [7, 11) is 0. The van der Waals surface area contributed by atoms with E-state index in [1.807, 2.05) is 114 Å². The molecule has 0 saturated carbocycles. The molecule has 0 atom stereocenters. The molecule has 0 spiro atoms. The Bertz CT molecular complexity index is 3610. The predicted molar refractivity (Wildman–Crippen MR) is 205 cm³/mol. The first-order valence-electron chi connectivity index (χ1n) is 20.5. The van der Waals surface area contributed by atoms with Crippen LogP contribution < -0.4 is 0 Å². The first-order chi connectivity index (χ1) is 28.0. The fraction of sp³-hybridized carbons (Fsp3) is 0. The number of hydrogen-bond acceptors (Lipinski definition) is 1. The van der Waals surface area contributed by atoms with Crippen molar-refractivity contribution < 1.29 is 16.8 Å². The summed E-state index contributed by atoms with van der Waals surface area (Å²) in [6.07, 6.45) is 0. The molecule has 0 aliphatic heterocycles. The van der Waals surface area contributed by atoms with E-state index >= 15 is 0 Å². The molecule has 3 heteroatoms. The van der Waals surface area contributed by atoms with Crippen LogP contribution in [0, 0.1) is 0 Å². The van der Waals surface area contributed by atoms with Gasteiger partial charge in [-0.25, -0.2) is 0 Å². The van der Waals surface area contributed by atoms with Crippen LogP contribution in [0.15, 0.2) is 174 Å². The van der Waals surface area contributed by atoms with Crippen LogP contribution in [-0.4, -0.2) is 9.13 Å². The topological polar surface area (TPSA) is 23.0 Å². The van der Waals surface area contributed by atoms with Gasteiger partial charge in [0.05, 0.1) is 40.1 Å². The number of furan rings is 1. The molecule has 0 aliphatic carbocycles. The maximum atomic E-state index is 9.51. The second kappa shape index (κ2) is 9.96. The molecule has 0 amide bonds. The van der Waals surface area contributed by atoms with Crippen LogP contribution in [0.5, 0.6) is 0 Å². The number of hydrogen-bond donors (Lipinski definition) is 0. The summed E-state index contributed by atoms with van der Waals surface area (Å²) in [5, 5.41) is 6.90. The zero-order valence-corrected chi connectivity index (χ0v) is 25.8. The summed E-state index contributed by atoms with van der Waals surface area (Å²) in [6, 6.07) is 33.5. The van der Waals surface area contributed by atoms with Gasteiger partial charge < -0.3 is 13.6 Å². The fourth-order valence-electron chi connectivity index (χ4n) is 7.65. The molecule has 3 heterocycles. The zero-order chi connectivity index (χ0) is 39.9. The molecule has 11 aromatic rings. The number of benzene rings is 8. The van der Waals surface area contributed by atoms with Gasteiger partial charge in [0.1, 0.15) is 11.2 Å². The van der Waals surface area contributed by atoms with Gasteiger partial charge in [0.15, 0.2) is 0 Å². The van der Waals surface area contributed by atoms with Crippen molar-refractivity contribution in [3.63, 3.8) is 0 Å². The van der Waals surface area contributed by atoms with Crippen molar-refractivity contribution in [3.05, 3.63) is 170 Å². The average molecular weight is 634 g/mol. The highest BCUT2D eigenvalue weighted by Gasteiger charge is 2.21. The number of rotatable bonds is 3. The van der Waals surface area contributed by atoms with Gasteiger partial charge in [-0.1, -0.05) is 109 Å². The lowest BCUT2D eigenvalue weighted by Crippen LogP contribution is -1.98. The highest BCUT2D eigenvalue weighted by Crippen LogP contribution is 2.43. The Morgan fingerprint density at radius 2 is 1.18 bits per heavy atom. The van der Waals surface area contributed by atoms with Gasteiger partial charge in [-0.05, 0) is 76.9 Å². The van der Waals surface area contributed by atoms with E-state index in [1.165, 1.54) is 0 Å². The smallest absolute Gasteiger partial charge is 0.135 e. The third-order valence-corrected chi connectivity index (χ3v) is 9.72. The Kier molecular flexibility index (Phi) is 3.92. The van der Waals surface area contributed by atoms with E-state index in [4.69, 9.17) is 14.0 Å². The Labute approximate surface area is 294 Å². The molecule has 0 radical (unpaired) electrons. The maximum Gasteiger partial charge on any atom is 0.135 e. The molecule has 0 saturated heterocycles. The summed E-state index contributed by atoms with van der Waals surface area (Å²) < 4.78 is 90.1. The summed E-state index contributed by atoms with van der Waals surface area (Å²) in [6.45, 7) is 0. The number of fused-ring (bicyclic) bond motifs is 11. The quantitative estimate of drug-likeness (QED) is 0.190. The molecule has 0 bridgehead atoms. The van der Waals surface area contributed by atoms with Crippen molar-refractivity contribution in [2.24, 2.45) is 0 Å². The van der Waals surface area contributed by atoms with Gasteiger partial charge in [-0.2, -0.15) is 0 Å². The third kappa shape index (κ3) is 3.73. The van der Waals surface area contributed by atoms with Gasteiger partial charge in [-0.3, -0.25) is 0 Å². The molecule has 0 aliphatic rings. The standard InChI is InChI=1S/C46H28N2O/c1-2-13-31(14-3-1)47-41-24-22-29-12-4-5-16-33(29)46(41)38-27-36-34-17-7-10-20-40(34)48(42(36)28-43(38)47)39-19-9-6-15-32(39)30-23-25-45-37(26-30)35-18-8-11-21-44(35)49-45/h1-28H/i1D,2D,3D,6D,9D,13D,14D,15D,19D. The molecule has 49 heavy (non-hydrogen) atoms. The molecule has 0 fully saturated rings. The SMILES string of the molecule is [2H]c1c([2H])c([2H])c(-n2c3cc4c(cc3c3c5ccccc5ccc32)c2ccccc2n4-c2c([2H])c([2H])c([2H])c([2H])c2-c2ccc3oc4ccccc4c3c2)c([2H])c1[2H]. The van der Waals surface area contributed by atoms with E-state index in [1.54, 1.807) is 4.57 Å². The zero-order valence-electron chi connectivity index (χ0n) is 34.8. The molecule has 8 aromatic carbocycles. The summed E-state index contributed by atoms with van der Waals surface area (Å²) in [5.41, 5.74) is 5.02. The van der Waals surface area contributed by atoms with Crippen molar-refractivity contribution in [1.29, 1.82) is 0 Å². The highest BCUT2D eigenvalue weighted by molar-refractivity contribution is 6.25. The van der Waals surface area contributed by atoms with Gasteiger partial charge in [0.2, 0.25) is 0 Å². The number of aromatic nitrogens is 2. The van der Waals surface area contributed by atoms with E-state index in [2.05, 4.69) is 6.07 Å². The molecule has 11 rings (SSSR count). The van der Waals surface area contributed by atoms with Gasteiger partial charge in [0.25, 0.3) is 0 Å². The average Bonchev–Trinajstić information content (AvgIpc) is 3.89. The molecule has 228 valence electrons. The van der Waals surface area contributed by atoms with E-state index in [-0.39, 0.29) is 47.6 Å². The number of para-hydroxylation sites is 4. The lowest BCUT2D eigenvalue weighted by Gasteiger charge is -2.14. The van der Waals surface area contributed by atoms with E-state index in [9.17, 15) is 2.74 Å². The van der Waals surface area contributed by atoms with E-state index in [0.29, 0.717) is 44.4 Å². The van der Waals surface area contributed by atoms with Crippen molar-refractivity contribution in [2.45, 2.75) is 0 Å². The summed E-state index contributed by atoms with van der Waals surface area (Å²) in [5.74, 6) is 0. The van der Waals surface area contributed by atoms with Crippen LogP contribution >= 0.6 is 0 Å². The normalized spacial score (nSPS) is 14.7. The van der Waals surface area contributed by atoms with Crippen molar-refractivity contribution >= 4 is 76.3 Å². The fourth-order valence-corrected chi connectivity index (χ4v) is 7.65. The van der Waals surface area contributed by atoms with Crippen molar-refractivity contribution in [2.75, 3.05) is 0 Å². The summed E-state index contributed by atoms with van der Waals surface area (Å²) in [4.78, 5) is 0. The largest absolute Gasteiger partial charge is 0.456 e. The second-order valence-corrected chi connectivity index (χ2v) is 12.3. The lowest BCUT2D eigenvalue weighted by atomic mass is 10.0. The molecular formula is C46H28N2O. The van der Waals surface area contributed by atoms with Crippen molar-refractivity contribution in [3.8, 4) is 22.5 Å². The monoisotopic (exact) mass is 633 g/mol.